The van der Waals surface area contributed by atoms with E-state index in [1.165, 1.54) is 0 Å². The van der Waals surface area contributed by atoms with Gasteiger partial charge in [0.25, 0.3) is 0 Å². The van der Waals surface area contributed by atoms with Gasteiger partial charge in [-0.25, -0.2) is 8.42 Å². The fraction of sp³-hybridized carbons (Fsp3) is 0.250. The summed E-state index contributed by atoms with van der Waals surface area (Å²) >= 11 is 3.46. The van der Waals surface area contributed by atoms with Crippen LogP contribution in [0.15, 0.2) is 57.9 Å². The maximum Gasteiger partial charge on any atom is 0.178 e. The van der Waals surface area contributed by atoms with Crippen molar-refractivity contribution in [3.8, 4) is 0 Å². The topological polar surface area (TPSA) is 46.2 Å². The van der Waals surface area contributed by atoms with Crippen LogP contribution in [0.1, 0.15) is 25.5 Å². The van der Waals surface area contributed by atoms with Gasteiger partial charge in [0.2, 0.25) is 0 Å². The Kier molecular flexibility index (Phi) is 5.06. The minimum absolute atomic E-state index is 0.119. The Morgan fingerprint density at radius 2 is 1.81 bits per heavy atom. The number of hydrogen-bond acceptors (Lipinski definition) is 3. The second-order valence-corrected chi connectivity index (χ2v) is 8.04. The normalized spacial score (nSPS) is 12.9. The van der Waals surface area contributed by atoms with Crippen LogP contribution >= 0.6 is 15.9 Å². The van der Waals surface area contributed by atoms with Gasteiger partial charge in [-0.2, -0.15) is 0 Å². The largest absolute Gasteiger partial charge is 0.379 e. The van der Waals surface area contributed by atoms with Crippen molar-refractivity contribution in [1.82, 2.24) is 0 Å². The second kappa shape index (κ2) is 6.62. The summed E-state index contributed by atoms with van der Waals surface area (Å²) in [5.41, 5.74) is 2.06. The molecule has 3 nitrogen and oxygen atoms in total. The van der Waals surface area contributed by atoms with Gasteiger partial charge in [-0.1, -0.05) is 35.0 Å². The molecular weight excluding hydrogens is 350 g/mol. The van der Waals surface area contributed by atoms with Crippen molar-refractivity contribution in [1.29, 1.82) is 0 Å². The molecule has 0 aliphatic carbocycles. The Morgan fingerprint density at radius 1 is 1.14 bits per heavy atom. The minimum Gasteiger partial charge on any atom is -0.379 e. The molecule has 0 saturated carbocycles. The quantitative estimate of drug-likeness (QED) is 0.850. The molecule has 0 amide bonds. The molecular formula is C16H18BrNO2S. The van der Waals surface area contributed by atoms with Gasteiger partial charge in [-0.15, -0.1) is 0 Å². The highest BCUT2D eigenvalue weighted by molar-refractivity contribution is 9.10. The van der Waals surface area contributed by atoms with Crippen LogP contribution in [0.5, 0.6) is 0 Å². The lowest BCUT2D eigenvalue weighted by molar-refractivity contribution is 0.597. The zero-order valence-electron chi connectivity index (χ0n) is 12.0. The van der Waals surface area contributed by atoms with E-state index in [0.717, 1.165) is 15.7 Å². The van der Waals surface area contributed by atoms with E-state index in [-0.39, 0.29) is 11.8 Å². The summed E-state index contributed by atoms with van der Waals surface area (Å²) in [6.07, 6.45) is 0. The van der Waals surface area contributed by atoms with Crippen molar-refractivity contribution in [2.24, 2.45) is 0 Å². The molecule has 0 bridgehead atoms. The zero-order valence-corrected chi connectivity index (χ0v) is 14.4. The van der Waals surface area contributed by atoms with Crippen LogP contribution in [0.25, 0.3) is 0 Å². The Balaban J connectivity index is 2.14. The molecule has 21 heavy (non-hydrogen) atoms. The first-order valence-corrected chi connectivity index (χ1v) is 9.21. The van der Waals surface area contributed by atoms with Crippen molar-refractivity contribution in [2.45, 2.75) is 24.8 Å². The molecule has 112 valence electrons. The fourth-order valence-electron chi connectivity index (χ4n) is 2.03. The van der Waals surface area contributed by atoms with Gasteiger partial charge in [-0.05, 0) is 48.9 Å². The fourth-order valence-corrected chi connectivity index (χ4v) is 3.34. The Labute approximate surface area is 134 Å². The Morgan fingerprint density at radius 3 is 2.38 bits per heavy atom. The average Bonchev–Trinajstić information content (AvgIpc) is 2.48. The third-order valence-corrected chi connectivity index (χ3v) is 5.57. The molecule has 0 fully saturated rings. The smallest absolute Gasteiger partial charge is 0.178 e. The van der Waals surface area contributed by atoms with Crippen molar-refractivity contribution in [3.05, 3.63) is 58.6 Å². The predicted octanol–water partition coefficient (Wildman–Crippen LogP) is 4.42. The molecule has 5 heteroatoms. The first-order chi connectivity index (χ1) is 9.92. The van der Waals surface area contributed by atoms with Crippen LogP contribution in [-0.2, 0) is 9.84 Å². The van der Waals surface area contributed by atoms with Gasteiger partial charge < -0.3 is 5.32 Å². The minimum atomic E-state index is -3.14. The lowest BCUT2D eigenvalue weighted by Gasteiger charge is -2.16. The average molecular weight is 368 g/mol. The van der Waals surface area contributed by atoms with Gasteiger partial charge >= 0.3 is 0 Å². The number of hydrogen-bond donors (Lipinski definition) is 1. The van der Waals surface area contributed by atoms with E-state index in [9.17, 15) is 8.42 Å². The lowest BCUT2D eigenvalue weighted by Crippen LogP contribution is -2.07. The monoisotopic (exact) mass is 367 g/mol. The van der Waals surface area contributed by atoms with Crippen molar-refractivity contribution in [2.75, 3.05) is 11.1 Å². The van der Waals surface area contributed by atoms with Crippen LogP contribution in [0.4, 0.5) is 5.69 Å². The summed E-state index contributed by atoms with van der Waals surface area (Å²) in [6, 6.07) is 15.1. The number of anilines is 1. The van der Waals surface area contributed by atoms with Crippen LogP contribution < -0.4 is 5.32 Å². The highest BCUT2D eigenvalue weighted by Gasteiger charge is 2.11. The van der Waals surface area contributed by atoms with E-state index < -0.39 is 9.84 Å². The van der Waals surface area contributed by atoms with E-state index in [0.29, 0.717) is 4.90 Å². The van der Waals surface area contributed by atoms with E-state index in [1.807, 2.05) is 12.1 Å². The number of halogens is 1. The summed E-state index contributed by atoms with van der Waals surface area (Å²) in [7, 11) is -3.14. The van der Waals surface area contributed by atoms with E-state index in [1.54, 1.807) is 31.2 Å². The van der Waals surface area contributed by atoms with Gasteiger partial charge in [-0.3, -0.25) is 0 Å². The number of sulfone groups is 1. The number of benzene rings is 2. The maximum absolute atomic E-state index is 11.8. The van der Waals surface area contributed by atoms with Crippen molar-refractivity contribution < 1.29 is 8.42 Å². The molecule has 0 aliphatic heterocycles. The van der Waals surface area contributed by atoms with E-state index in [4.69, 9.17) is 0 Å². The van der Waals surface area contributed by atoms with Gasteiger partial charge in [0.1, 0.15) is 0 Å². The summed E-state index contributed by atoms with van der Waals surface area (Å²) in [5, 5.41) is 3.37. The molecule has 1 N–H and O–H groups in total. The molecule has 0 aliphatic rings. The third kappa shape index (κ3) is 4.08. The summed E-state index contributed by atoms with van der Waals surface area (Å²) in [6.45, 7) is 3.72. The van der Waals surface area contributed by atoms with Crippen LogP contribution in [0.3, 0.4) is 0 Å². The number of rotatable bonds is 5. The Hall–Kier alpha value is -1.33. The van der Waals surface area contributed by atoms with Crippen LogP contribution in [-0.4, -0.2) is 14.2 Å². The molecule has 0 saturated heterocycles. The molecule has 1 atom stereocenters. The highest BCUT2D eigenvalue weighted by Crippen LogP contribution is 2.23. The molecule has 2 aromatic carbocycles. The molecule has 1 unspecified atom stereocenters. The standard InChI is InChI=1S/C16H18BrNO2S/c1-3-21(19,20)16-9-7-15(8-10-16)18-12(2)13-5-4-6-14(17)11-13/h4-12,18H,3H2,1-2H3. The van der Waals surface area contributed by atoms with E-state index >= 15 is 0 Å². The van der Waals surface area contributed by atoms with Crippen molar-refractivity contribution >= 4 is 31.5 Å². The van der Waals surface area contributed by atoms with E-state index in [2.05, 4.69) is 40.3 Å². The first-order valence-electron chi connectivity index (χ1n) is 6.77. The molecule has 0 heterocycles. The molecule has 2 rings (SSSR count). The van der Waals surface area contributed by atoms with Crippen LogP contribution in [0.2, 0.25) is 0 Å². The summed E-state index contributed by atoms with van der Waals surface area (Å²) < 4.78 is 24.6. The first kappa shape index (κ1) is 16.0. The maximum atomic E-state index is 11.8. The van der Waals surface area contributed by atoms with Gasteiger partial charge in [0.05, 0.1) is 10.6 Å². The molecule has 0 spiro atoms. The van der Waals surface area contributed by atoms with Gasteiger partial charge in [0.15, 0.2) is 9.84 Å². The summed E-state index contributed by atoms with van der Waals surface area (Å²) in [5.74, 6) is 0.119. The molecule has 0 radical (unpaired) electrons. The SMILES string of the molecule is CCS(=O)(=O)c1ccc(NC(C)c2cccc(Br)c2)cc1. The molecule has 0 aromatic heterocycles. The molecule has 2 aromatic rings. The number of nitrogens with one attached hydrogen (secondary N) is 1. The summed E-state index contributed by atoms with van der Waals surface area (Å²) in [4.78, 5) is 0.366. The second-order valence-electron chi connectivity index (χ2n) is 4.85. The Bertz CT molecular complexity index is 711. The van der Waals surface area contributed by atoms with Gasteiger partial charge in [0, 0.05) is 16.2 Å². The highest BCUT2D eigenvalue weighted by atomic mass is 79.9. The predicted molar refractivity (Wildman–Crippen MR) is 90.3 cm³/mol. The van der Waals surface area contributed by atoms with Crippen molar-refractivity contribution in [3.63, 3.8) is 0 Å². The van der Waals surface area contributed by atoms with Crippen LogP contribution in [0, 0.1) is 0 Å². The lowest BCUT2D eigenvalue weighted by atomic mass is 10.1. The zero-order chi connectivity index (χ0) is 15.5. The third-order valence-electron chi connectivity index (χ3n) is 3.33.